The number of aromatic nitrogens is 1. The molecule has 2 N–H and O–H groups in total. The standard InChI is InChI=1S/C10H10N2.BrH/c1-12-7-6-9(11)8-4-2-3-5-10(8)12;/h2-7,11H,1H3;1H. The Balaban J connectivity index is 0.000000845. The zero-order valence-electron chi connectivity index (χ0n) is 7.37. The van der Waals surface area contributed by atoms with Crippen molar-refractivity contribution in [3.8, 4) is 0 Å². The van der Waals surface area contributed by atoms with Crippen LogP contribution in [0.4, 0.5) is 5.69 Å². The Morgan fingerprint density at radius 1 is 1.15 bits per heavy atom. The second kappa shape index (κ2) is 3.75. The summed E-state index contributed by atoms with van der Waals surface area (Å²) >= 11 is 0. The van der Waals surface area contributed by atoms with E-state index in [4.69, 9.17) is 5.73 Å². The molecule has 0 bridgehead atoms. The number of anilines is 1. The number of fused-ring (bicyclic) bond motifs is 1. The molecular formula is C10H11BrN2. The summed E-state index contributed by atoms with van der Waals surface area (Å²) in [5.41, 5.74) is 7.81. The highest BCUT2D eigenvalue weighted by atomic mass is 79.9. The van der Waals surface area contributed by atoms with Gasteiger partial charge in [0.25, 0.3) is 0 Å². The minimum Gasteiger partial charge on any atom is -1.00 e. The smallest absolute Gasteiger partial charge is 0.214 e. The average molecular weight is 239 g/mol. The number of benzene rings is 1. The fraction of sp³-hybridized carbons (Fsp3) is 0.100. The van der Waals surface area contributed by atoms with Crippen LogP contribution in [0.1, 0.15) is 0 Å². The number of nitrogens with two attached hydrogens (primary N) is 1. The van der Waals surface area contributed by atoms with Crippen LogP contribution < -0.4 is 27.3 Å². The monoisotopic (exact) mass is 238 g/mol. The summed E-state index contributed by atoms with van der Waals surface area (Å²) in [7, 11) is 2.02. The lowest BCUT2D eigenvalue weighted by Gasteiger charge is -1.98. The van der Waals surface area contributed by atoms with E-state index in [2.05, 4.69) is 10.6 Å². The number of halogens is 1. The fourth-order valence-corrected chi connectivity index (χ4v) is 1.39. The van der Waals surface area contributed by atoms with Crippen molar-refractivity contribution in [1.29, 1.82) is 0 Å². The van der Waals surface area contributed by atoms with Gasteiger partial charge in [-0.2, -0.15) is 0 Å². The first-order valence-electron chi connectivity index (χ1n) is 3.92. The number of para-hydroxylation sites is 1. The normalized spacial score (nSPS) is 9.62. The van der Waals surface area contributed by atoms with Gasteiger partial charge in [0.05, 0.1) is 11.1 Å². The Hall–Kier alpha value is -1.09. The average Bonchev–Trinajstić information content (AvgIpc) is 2.12. The van der Waals surface area contributed by atoms with Crippen molar-refractivity contribution < 1.29 is 21.5 Å². The molecular weight excluding hydrogens is 228 g/mol. The molecule has 1 heterocycles. The molecule has 0 aliphatic carbocycles. The summed E-state index contributed by atoms with van der Waals surface area (Å²) in [6.07, 6.45) is 1.97. The maximum atomic E-state index is 5.81. The Labute approximate surface area is 87.8 Å². The number of nitrogens with zero attached hydrogens (tertiary/aromatic N) is 1. The topological polar surface area (TPSA) is 29.9 Å². The lowest BCUT2D eigenvalue weighted by molar-refractivity contribution is -0.644. The highest BCUT2D eigenvalue weighted by Crippen LogP contribution is 2.15. The van der Waals surface area contributed by atoms with Crippen LogP contribution in [0.2, 0.25) is 0 Å². The number of aryl methyl sites for hydroxylation is 1. The molecule has 0 spiro atoms. The van der Waals surface area contributed by atoms with E-state index in [0.29, 0.717) is 0 Å². The predicted molar refractivity (Wildman–Crippen MR) is 49.5 cm³/mol. The van der Waals surface area contributed by atoms with E-state index < -0.39 is 0 Å². The van der Waals surface area contributed by atoms with Crippen LogP contribution in [0.5, 0.6) is 0 Å². The molecule has 1 aromatic carbocycles. The Kier molecular flexibility index (Phi) is 2.88. The molecule has 0 amide bonds. The molecule has 2 rings (SSSR count). The van der Waals surface area contributed by atoms with Crippen LogP contribution in [0.3, 0.4) is 0 Å². The molecule has 0 radical (unpaired) electrons. The molecule has 0 aliphatic rings. The highest BCUT2D eigenvalue weighted by Gasteiger charge is 2.04. The third-order valence-corrected chi connectivity index (χ3v) is 2.07. The SMILES string of the molecule is C[n+]1ccc(N)c2ccccc21.[Br-]. The van der Waals surface area contributed by atoms with Crippen LogP contribution >= 0.6 is 0 Å². The number of pyridine rings is 1. The summed E-state index contributed by atoms with van der Waals surface area (Å²) in [6.45, 7) is 0. The van der Waals surface area contributed by atoms with Gasteiger partial charge in [0.1, 0.15) is 7.05 Å². The van der Waals surface area contributed by atoms with Crippen molar-refractivity contribution in [2.24, 2.45) is 7.05 Å². The number of rotatable bonds is 0. The van der Waals surface area contributed by atoms with Crippen molar-refractivity contribution in [3.05, 3.63) is 36.5 Å². The van der Waals surface area contributed by atoms with Gasteiger partial charge in [0, 0.05) is 12.1 Å². The first-order valence-corrected chi connectivity index (χ1v) is 3.92. The Morgan fingerprint density at radius 2 is 1.85 bits per heavy atom. The van der Waals surface area contributed by atoms with Gasteiger partial charge in [0.2, 0.25) is 5.52 Å². The van der Waals surface area contributed by atoms with Crippen molar-refractivity contribution >= 4 is 16.6 Å². The van der Waals surface area contributed by atoms with Crippen molar-refractivity contribution in [1.82, 2.24) is 0 Å². The summed E-state index contributed by atoms with van der Waals surface area (Å²) < 4.78 is 2.06. The molecule has 3 heteroatoms. The molecule has 0 atom stereocenters. The third kappa shape index (κ3) is 1.65. The van der Waals surface area contributed by atoms with Gasteiger partial charge in [0.15, 0.2) is 6.20 Å². The maximum Gasteiger partial charge on any atom is 0.214 e. The van der Waals surface area contributed by atoms with Gasteiger partial charge >= 0.3 is 0 Å². The van der Waals surface area contributed by atoms with E-state index in [1.807, 2.05) is 37.5 Å². The first-order chi connectivity index (χ1) is 5.79. The molecule has 13 heavy (non-hydrogen) atoms. The van der Waals surface area contributed by atoms with Gasteiger partial charge in [-0.25, -0.2) is 4.57 Å². The molecule has 0 saturated heterocycles. The Bertz CT molecular complexity index is 386. The molecule has 0 unspecified atom stereocenters. The fourth-order valence-electron chi connectivity index (χ4n) is 1.39. The lowest BCUT2D eigenvalue weighted by atomic mass is 10.2. The van der Waals surface area contributed by atoms with Crippen molar-refractivity contribution in [3.63, 3.8) is 0 Å². The van der Waals surface area contributed by atoms with Crippen LogP contribution in [0, 0.1) is 0 Å². The van der Waals surface area contributed by atoms with E-state index in [1.165, 1.54) is 0 Å². The second-order valence-electron chi connectivity index (χ2n) is 2.90. The third-order valence-electron chi connectivity index (χ3n) is 2.07. The van der Waals surface area contributed by atoms with Crippen LogP contribution in [0.25, 0.3) is 10.9 Å². The summed E-state index contributed by atoms with van der Waals surface area (Å²) in [5, 5.41) is 1.11. The molecule has 0 aliphatic heterocycles. The molecule has 1 aromatic heterocycles. The first kappa shape index (κ1) is 9.99. The largest absolute Gasteiger partial charge is 1.00 e. The molecule has 68 valence electrons. The summed E-state index contributed by atoms with van der Waals surface area (Å²) in [4.78, 5) is 0. The van der Waals surface area contributed by atoms with Gasteiger partial charge in [-0.3, -0.25) is 0 Å². The van der Waals surface area contributed by atoms with Crippen LogP contribution in [-0.4, -0.2) is 0 Å². The van der Waals surface area contributed by atoms with Gasteiger partial charge in [-0.1, -0.05) is 12.1 Å². The van der Waals surface area contributed by atoms with Gasteiger partial charge in [-0.05, 0) is 6.07 Å². The Morgan fingerprint density at radius 3 is 2.54 bits per heavy atom. The molecule has 0 saturated carbocycles. The van der Waals surface area contributed by atoms with Crippen molar-refractivity contribution in [2.45, 2.75) is 0 Å². The quantitative estimate of drug-likeness (QED) is 0.543. The second-order valence-corrected chi connectivity index (χ2v) is 2.90. The van der Waals surface area contributed by atoms with Gasteiger partial charge in [-0.15, -0.1) is 0 Å². The van der Waals surface area contributed by atoms with Gasteiger partial charge < -0.3 is 22.7 Å². The van der Waals surface area contributed by atoms with E-state index >= 15 is 0 Å². The minimum absolute atomic E-state index is 0. The van der Waals surface area contributed by atoms with E-state index in [1.54, 1.807) is 0 Å². The summed E-state index contributed by atoms with van der Waals surface area (Å²) in [6, 6.07) is 10.0. The molecule has 0 fully saturated rings. The van der Waals surface area contributed by atoms with Crippen molar-refractivity contribution in [2.75, 3.05) is 5.73 Å². The zero-order valence-corrected chi connectivity index (χ0v) is 8.95. The maximum absolute atomic E-state index is 5.81. The van der Waals surface area contributed by atoms with Crippen LogP contribution in [0.15, 0.2) is 36.5 Å². The summed E-state index contributed by atoms with van der Waals surface area (Å²) in [5.74, 6) is 0. The van der Waals surface area contributed by atoms with E-state index in [-0.39, 0.29) is 17.0 Å². The predicted octanol–water partition coefficient (Wildman–Crippen LogP) is -1.75. The highest BCUT2D eigenvalue weighted by molar-refractivity contribution is 5.87. The van der Waals surface area contributed by atoms with E-state index in [9.17, 15) is 0 Å². The zero-order chi connectivity index (χ0) is 8.55. The lowest BCUT2D eigenvalue weighted by Crippen LogP contribution is -3.00. The van der Waals surface area contributed by atoms with E-state index in [0.717, 1.165) is 16.6 Å². The number of hydrogen-bond acceptors (Lipinski definition) is 1. The number of nitrogen functional groups attached to an aromatic ring is 1. The molecule has 2 nitrogen and oxygen atoms in total. The minimum atomic E-state index is 0. The molecule has 2 aromatic rings. The number of hydrogen-bond donors (Lipinski definition) is 1. The van der Waals surface area contributed by atoms with Crippen LogP contribution in [-0.2, 0) is 7.05 Å².